The minimum Gasteiger partial charge on any atom is -0.494 e. The Morgan fingerprint density at radius 1 is 1.11 bits per heavy atom. The molecule has 2 bridgehead atoms. The van der Waals surface area contributed by atoms with Gasteiger partial charge >= 0.3 is 0 Å². The highest BCUT2D eigenvalue weighted by Gasteiger charge is 2.78. The molecule has 1 aromatic carbocycles. The summed E-state index contributed by atoms with van der Waals surface area (Å²) >= 11 is 1.66. The number of aliphatic hydroxyl groups is 1. The van der Waals surface area contributed by atoms with Gasteiger partial charge in [0, 0.05) is 30.1 Å². The van der Waals surface area contributed by atoms with E-state index < -0.39 is 33.4 Å². The van der Waals surface area contributed by atoms with Crippen LogP contribution < -0.4 is 9.64 Å². The van der Waals surface area contributed by atoms with E-state index in [0.717, 1.165) is 31.4 Å². The third-order valence-corrected chi connectivity index (χ3v) is 11.7. The Bertz CT molecular complexity index is 1220. The van der Waals surface area contributed by atoms with Crippen LogP contribution >= 0.6 is 11.8 Å². The topological polar surface area (TPSA) is 90.4 Å². The highest BCUT2D eigenvalue weighted by Crippen LogP contribution is 2.72. The highest BCUT2D eigenvalue weighted by atomic mass is 32.2. The monoisotopic (exact) mass is 625 g/mol. The number of hydrogen-bond donors (Lipinski definition) is 1. The summed E-state index contributed by atoms with van der Waals surface area (Å²) in [6.07, 6.45) is 7.73. The summed E-state index contributed by atoms with van der Waals surface area (Å²) in [5, 5.41) is 10.6. The molecule has 0 aromatic heterocycles. The zero-order valence-electron chi connectivity index (χ0n) is 27.2. The van der Waals surface area contributed by atoms with E-state index in [2.05, 4.69) is 27.0 Å². The van der Waals surface area contributed by atoms with Crippen LogP contribution in [0.25, 0.3) is 0 Å². The molecule has 3 fully saturated rings. The maximum atomic E-state index is 14.7. The lowest BCUT2D eigenvalue weighted by Gasteiger charge is -2.40. The molecule has 0 saturated carbocycles. The van der Waals surface area contributed by atoms with Gasteiger partial charge in [-0.15, -0.1) is 24.9 Å². The highest BCUT2D eigenvalue weighted by molar-refractivity contribution is 8.02. The average Bonchev–Trinajstić information content (AvgIpc) is 3.56. The standard InChI is InChI=1S/C35H51N3O5S/c1-8-12-13-22-36(20-9-2)33(42)30-35-19-18-34(7,44-35)28(29(35)32(41)38(30)27(23-39)24(5)6)31(40)37(21-10-3)25-14-16-26(17-15-25)43-11-4/h9-10,14-17,24,27-30,39H,2-3,8,11-13,18-23H2,1,4-7H3/t27-,28-,29-,30?,34+,35?/m0/s1. The van der Waals surface area contributed by atoms with Crippen molar-refractivity contribution in [3.05, 3.63) is 49.6 Å². The molecule has 9 heteroatoms. The number of carbonyl (C=O) groups is 3. The number of fused-ring (bicyclic) bond motifs is 1. The number of unbranched alkanes of at least 4 members (excludes halogenated alkanes) is 2. The molecule has 44 heavy (non-hydrogen) atoms. The lowest BCUT2D eigenvalue weighted by atomic mass is 9.66. The van der Waals surface area contributed by atoms with Gasteiger partial charge in [-0.25, -0.2) is 0 Å². The predicted molar refractivity (Wildman–Crippen MR) is 178 cm³/mol. The maximum absolute atomic E-state index is 14.7. The molecule has 3 aliphatic heterocycles. The fourth-order valence-corrected chi connectivity index (χ4v) is 10.0. The van der Waals surface area contributed by atoms with E-state index in [1.807, 2.05) is 49.9 Å². The molecule has 1 aromatic rings. The molecule has 1 N–H and O–H groups in total. The van der Waals surface area contributed by atoms with Gasteiger partial charge in [0.2, 0.25) is 17.7 Å². The van der Waals surface area contributed by atoms with E-state index in [-0.39, 0.29) is 30.2 Å². The molecule has 1 spiro atoms. The van der Waals surface area contributed by atoms with E-state index in [1.165, 1.54) is 0 Å². The van der Waals surface area contributed by atoms with Crippen molar-refractivity contribution in [2.45, 2.75) is 88.3 Å². The number of anilines is 1. The summed E-state index contributed by atoms with van der Waals surface area (Å²) in [5.41, 5.74) is 0.710. The number of rotatable bonds is 16. The first-order valence-corrected chi connectivity index (χ1v) is 17.0. The maximum Gasteiger partial charge on any atom is 0.247 e. The zero-order chi connectivity index (χ0) is 32.2. The summed E-state index contributed by atoms with van der Waals surface area (Å²) in [6, 6.07) is 6.13. The average molecular weight is 626 g/mol. The number of aliphatic hydroxyl groups excluding tert-OH is 1. The van der Waals surface area contributed by atoms with Crippen molar-refractivity contribution in [1.29, 1.82) is 0 Å². The summed E-state index contributed by atoms with van der Waals surface area (Å²) in [5.74, 6) is -1.07. The number of likely N-dealkylation sites (tertiary alicyclic amines) is 1. The summed E-state index contributed by atoms with van der Waals surface area (Å²) in [7, 11) is 0. The number of amides is 3. The van der Waals surface area contributed by atoms with E-state index >= 15 is 0 Å². The van der Waals surface area contributed by atoms with Gasteiger partial charge in [0.25, 0.3) is 0 Å². The Hall–Kier alpha value is -2.78. The van der Waals surface area contributed by atoms with Crippen LogP contribution in [-0.2, 0) is 14.4 Å². The molecule has 0 aliphatic carbocycles. The smallest absolute Gasteiger partial charge is 0.247 e. The van der Waals surface area contributed by atoms with Crippen LogP contribution in [0.5, 0.6) is 5.75 Å². The number of thioether (sulfide) groups is 1. The third-order valence-electron chi connectivity index (χ3n) is 9.76. The van der Waals surface area contributed by atoms with Gasteiger partial charge in [-0.05, 0) is 63.3 Å². The number of ether oxygens (including phenoxy) is 1. The van der Waals surface area contributed by atoms with Crippen LogP contribution in [0.2, 0.25) is 0 Å². The molecule has 3 amide bonds. The van der Waals surface area contributed by atoms with Gasteiger partial charge in [0.05, 0.1) is 35.8 Å². The predicted octanol–water partition coefficient (Wildman–Crippen LogP) is 5.31. The van der Waals surface area contributed by atoms with Gasteiger partial charge in [-0.2, -0.15) is 0 Å². The lowest BCUT2D eigenvalue weighted by Crippen LogP contribution is -2.58. The SMILES string of the molecule is C=CCN(CCCCC)C(=O)C1N([C@@H](CO)C(C)C)C(=O)[C@@H]2[C@@H](C(=O)N(CC=C)c3ccc(OCC)cc3)[C@@]3(C)CCC12S3. The first-order valence-electron chi connectivity index (χ1n) is 16.2. The van der Waals surface area contributed by atoms with Crippen molar-refractivity contribution >= 4 is 35.2 Å². The second-order valence-electron chi connectivity index (χ2n) is 12.9. The number of hydrogen-bond acceptors (Lipinski definition) is 6. The summed E-state index contributed by atoms with van der Waals surface area (Å²) < 4.78 is 4.35. The van der Waals surface area contributed by atoms with Gasteiger partial charge < -0.3 is 24.5 Å². The number of nitrogens with zero attached hydrogens (tertiary/aromatic N) is 3. The first-order chi connectivity index (χ1) is 21.0. The Kier molecular flexibility index (Phi) is 10.9. The van der Waals surface area contributed by atoms with Crippen LogP contribution in [0.15, 0.2) is 49.6 Å². The molecule has 242 valence electrons. The largest absolute Gasteiger partial charge is 0.494 e. The van der Waals surface area contributed by atoms with E-state index in [9.17, 15) is 19.5 Å². The normalized spacial score (nSPS) is 27.8. The molecule has 3 saturated heterocycles. The minimum absolute atomic E-state index is 0.0736. The zero-order valence-corrected chi connectivity index (χ0v) is 28.0. The van der Waals surface area contributed by atoms with Gasteiger partial charge in [-0.1, -0.05) is 45.8 Å². The van der Waals surface area contributed by atoms with Crippen LogP contribution in [0.1, 0.15) is 66.7 Å². The Morgan fingerprint density at radius 2 is 1.80 bits per heavy atom. The molecule has 3 aliphatic rings. The van der Waals surface area contributed by atoms with Gasteiger partial charge in [0.1, 0.15) is 11.8 Å². The minimum atomic E-state index is -0.760. The van der Waals surface area contributed by atoms with Crippen LogP contribution in [-0.4, -0.2) is 87.1 Å². The molecule has 0 radical (unpaired) electrons. The second kappa shape index (κ2) is 14.1. The van der Waals surface area contributed by atoms with Gasteiger partial charge in [0.15, 0.2) is 0 Å². The summed E-state index contributed by atoms with van der Waals surface area (Å²) in [4.78, 5) is 49.3. The fraction of sp³-hybridized carbons (Fsp3) is 0.629. The summed E-state index contributed by atoms with van der Waals surface area (Å²) in [6.45, 7) is 19.5. The molecule has 8 nitrogen and oxygen atoms in total. The Balaban J connectivity index is 1.79. The van der Waals surface area contributed by atoms with Crippen molar-refractivity contribution in [3.8, 4) is 5.75 Å². The van der Waals surface area contributed by atoms with E-state index in [4.69, 9.17) is 4.74 Å². The molecule has 3 heterocycles. The van der Waals surface area contributed by atoms with Crippen LogP contribution in [0, 0.1) is 17.8 Å². The Labute approximate surface area is 267 Å². The van der Waals surface area contributed by atoms with Crippen molar-refractivity contribution in [3.63, 3.8) is 0 Å². The quantitative estimate of drug-likeness (QED) is 0.198. The van der Waals surface area contributed by atoms with Crippen LogP contribution in [0.4, 0.5) is 5.69 Å². The Morgan fingerprint density at radius 3 is 2.36 bits per heavy atom. The van der Waals surface area contributed by atoms with Crippen molar-refractivity contribution in [1.82, 2.24) is 9.80 Å². The molecular weight excluding hydrogens is 574 g/mol. The first kappa shape index (κ1) is 34.1. The molecule has 2 unspecified atom stereocenters. The van der Waals surface area contributed by atoms with Crippen molar-refractivity contribution in [2.75, 3.05) is 37.7 Å². The third kappa shape index (κ3) is 5.94. The second-order valence-corrected chi connectivity index (χ2v) is 14.8. The molecular formula is C35H51N3O5S. The van der Waals surface area contributed by atoms with Crippen LogP contribution in [0.3, 0.4) is 0 Å². The van der Waals surface area contributed by atoms with E-state index in [0.29, 0.717) is 38.3 Å². The van der Waals surface area contributed by atoms with E-state index in [1.54, 1.807) is 33.7 Å². The molecule has 6 atom stereocenters. The number of benzene rings is 1. The van der Waals surface area contributed by atoms with Crippen molar-refractivity contribution in [2.24, 2.45) is 17.8 Å². The molecule has 4 rings (SSSR count). The van der Waals surface area contributed by atoms with Gasteiger partial charge in [-0.3, -0.25) is 14.4 Å². The van der Waals surface area contributed by atoms with Crippen molar-refractivity contribution < 1.29 is 24.2 Å². The fourth-order valence-electron chi connectivity index (χ4n) is 7.68. The number of carbonyl (C=O) groups excluding carboxylic acids is 3. The lowest BCUT2D eigenvalue weighted by molar-refractivity contribution is -0.146.